The molecule has 0 heterocycles. The number of aliphatic hydroxyl groups excluding tert-OH is 1. The fourth-order valence-electron chi connectivity index (χ4n) is 1.53. The van der Waals surface area contributed by atoms with Crippen molar-refractivity contribution in [3.63, 3.8) is 0 Å². The van der Waals surface area contributed by atoms with Gasteiger partial charge in [-0.3, -0.25) is 4.79 Å². The van der Waals surface area contributed by atoms with E-state index in [9.17, 15) is 14.7 Å². The van der Waals surface area contributed by atoms with E-state index in [0.717, 1.165) is 5.56 Å². The highest BCUT2D eigenvalue weighted by atomic mass is 16.5. The van der Waals surface area contributed by atoms with Gasteiger partial charge in [0.2, 0.25) is 5.91 Å². The molecule has 1 aromatic carbocycles. The van der Waals surface area contributed by atoms with Gasteiger partial charge in [0, 0.05) is 0 Å². The molecule has 0 radical (unpaired) electrons. The van der Waals surface area contributed by atoms with Crippen molar-refractivity contribution >= 4 is 11.9 Å². The van der Waals surface area contributed by atoms with E-state index in [2.05, 4.69) is 5.32 Å². The zero-order valence-electron chi connectivity index (χ0n) is 11.4. The van der Waals surface area contributed by atoms with E-state index in [4.69, 9.17) is 9.84 Å². The quantitative estimate of drug-likeness (QED) is 0.678. The second kappa shape index (κ2) is 7.62. The Balaban J connectivity index is 2.48. The molecule has 1 rings (SSSR count). The lowest BCUT2D eigenvalue weighted by Crippen LogP contribution is -2.50. The number of nitrogens with one attached hydrogen (secondary N) is 1. The summed E-state index contributed by atoms with van der Waals surface area (Å²) >= 11 is 0. The second-order valence-electron chi connectivity index (χ2n) is 4.50. The summed E-state index contributed by atoms with van der Waals surface area (Å²) in [5.74, 6) is -1.86. The molecule has 6 heteroatoms. The Morgan fingerprint density at radius 2 is 1.85 bits per heavy atom. The number of carboxylic acid groups (broad SMARTS) is 1. The van der Waals surface area contributed by atoms with Crippen LogP contribution in [0.3, 0.4) is 0 Å². The van der Waals surface area contributed by atoms with Gasteiger partial charge in [-0.2, -0.15) is 0 Å². The summed E-state index contributed by atoms with van der Waals surface area (Å²) in [6, 6.07) is 7.97. The maximum Gasteiger partial charge on any atom is 0.328 e. The average molecular weight is 281 g/mol. The molecule has 0 aliphatic carbocycles. The Hall–Kier alpha value is -1.92. The summed E-state index contributed by atoms with van der Waals surface area (Å²) in [7, 11) is 0. The van der Waals surface area contributed by atoms with E-state index >= 15 is 0 Å². The lowest BCUT2D eigenvalue weighted by atomic mass is 10.2. The van der Waals surface area contributed by atoms with Crippen molar-refractivity contribution in [3.05, 3.63) is 35.9 Å². The minimum Gasteiger partial charge on any atom is -0.480 e. The second-order valence-corrected chi connectivity index (χ2v) is 4.50. The predicted octanol–water partition coefficient (Wildman–Crippen LogP) is 0.542. The molecule has 1 amide bonds. The molecule has 0 bridgehead atoms. The highest BCUT2D eigenvalue weighted by Gasteiger charge is 2.27. The number of aliphatic hydroxyl groups is 1. The Morgan fingerprint density at radius 3 is 2.35 bits per heavy atom. The number of rotatable bonds is 7. The Morgan fingerprint density at radius 1 is 1.25 bits per heavy atom. The number of carboxylic acids is 1. The van der Waals surface area contributed by atoms with Crippen molar-refractivity contribution in [1.29, 1.82) is 0 Å². The number of amides is 1. The first-order valence-corrected chi connectivity index (χ1v) is 6.28. The van der Waals surface area contributed by atoms with Crippen molar-refractivity contribution < 1.29 is 24.5 Å². The van der Waals surface area contributed by atoms with E-state index in [0.29, 0.717) is 0 Å². The highest BCUT2D eigenvalue weighted by Crippen LogP contribution is 2.04. The zero-order chi connectivity index (χ0) is 15.1. The molecule has 0 fully saturated rings. The summed E-state index contributed by atoms with van der Waals surface area (Å²) in [6.45, 7) is 3.08. The fourth-order valence-corrected chi connectivity index (χ4v) is 1.53. The summed E-state index contributed by atoms with van der Waals surface area (Å²) < 4.78 is 5.36. The van der Waals surface area contributed by atoms with E-state index in [-0.39, 0.29) is 6.61 Å². The lowest BCUT2D eigenvalue weighted by Gasteiger charge is -2.20. The lowest BCUT2D eigenvalue weighted by molar-refractivity contribution is -0.147. The van der Waals surface area contributed by atoms with Gasteiger partial charge in [0.15, 0.2) is 6.04 Å². The molecule has 0 aliphatic rings. The van der Waals surface area contributed by atoms with Crippen LogP contribution in [0, 0.1) is 0 Å². The summed E-state index contributed by atoms with van der Waals surface area (Å²) in [4.78, 5) is 22.6. The Bertz CT molecular complexity index is 446. The Kier molecular flexibility index (Phi) is 6.14. The molecule has 6 nitrogen and oxygen atoms in total. The molecule has 3 atom stereocenters. The third-order valence-corrected chi connectivity index (χ3v) is 2.76. The first-order valence-electron chi connectivity index (χ1n) is 6.28. The molecule has 1 aromatic rings. The number of benzene rings is 1. The molecule has 0 spiro atoms. The third kappa shape index (κ3) is 4.99. The van der Waals surface area contributed by atoms with Crippen LogP contribution >= 0.6 is 0 Å². The fraction of sp³-hybridized carbons (Fsp3) is 0.429. The van der Waals surface area contributed by atoms with Crippen LogP contribution in [0.25, 0.3) is 0 Å². The van der Waals surface area contributed by atoms with Crippen molar-refractivity contribution in [2.24, 2.45) is 0 Å². The van der Waals surface area contributed by atoms with Gasteiger partial charge in [0.1, 0.15) is 6.10 Å². The van der Waals surface area contributed by atoms with Gasteiger partial charge in [-0.25, -0.2) is 4.79 Å². The molecular formula is C14H19NO5. The molecule has 0 aliphatic heterocycles. The number of aliphatic carboxylic acids is 1. The van der Waals surface area contributed by atoms with Crippen molar-refractivity contribution in [2.45, 2.75) is 38.7 Å². The number of hydrogen-bond acceptors (Lipinski definition) is 4. The first kappa shape index (κ1) is 16.1. The van der Waals surface area contributed by atoms with Crippen molar-refractivity contribution in [1.82, 2.24) is 5.32 Å². The summed E-state index contributed by atoms with van der Waals surface area (Å²) in [6.07, 6.45) is -1.99. The maximum atomic E-state index is 11.8. The number of ether oxygens (including phenoxy) is 1. The van der Waals surface area contributed by atoms with E-state index < -0.39 is 30.1 Å². The van der Waals surface area contributed by atoms with Crippen molar-refractivity contribution in [3.8, 4) is 0 Å². The predicted molar refractivity (Wildman–Crippen MR) is 71.9 cm³/mol. The molecular weight excluding hydrogens is 262 g/mol. The van der Waals surface area contributed by atoms with Gasteiger partial charge >= 0.3 is 5.97 Å². The highest BCUT2D eigenvalue weighted by molar-refractivity contribution is 5.86. The molecule has 0 saturated heterocycles. The number of hydrogen-bond donors (Lipinski definition) is 3. The molecule has 0 aromatic heterocycles. The minimum absolute atomic E-state index is 0.252. The normalized spacial score (nSPS) is 15.2. The number of carbonyl (C=O) groups is 2. The topological polar surface area (TPSA) is 95.9 Å². The smallest absolute Gasteiger partial charge is 0.328 e. The van der Waals surface area contributed by atoms with Gasteiger partial charge in [-0.15, -0.1) is 0 Å². The van der Waals surface area contributed by atoms with Crippen LogP contribution in [-0.4, -0.2) is 40.3 Å². The maximum absolute atomic E-state index is 11.8. The standard InChI is InChI=1S/C14H19NO5/c1-9(16)12(14(18)19)15-13(17)10(2)20-8-11-6-4-3-5-7-11/h3-7,9-10,12,16H,8H2,1-2H3,(H,15,17)(H,18,19). The van der Waals surface area contributed by atoms with Gasteiger partial charge in [0.25, 0.3) is 0 Å². The molecule has 3 unspecified atom stereocenters. The summed E-state index contributed by atoms with van der Waals surface area (Å²) in [5.41, 5.74) is 0.914. The van der Waals surface area contributed by atoms with Gasteiger partial charge < -0.3 is 20.3 Å². The van der Waals surface area contributed by atoms with Gasteiger partial charge in [-0.1, -0.05) is 30.3 Å². The van der Waals surface area contributed by atoms with Crippen molar-refractivity contribution in [2.75, 3.05) is 0 Å². The third-order valence-electron chi connectivity index (χ3n) is 2.76. The molecule has 3 N–H and O–H groups in total. The first-order chi connectivity index (χ1) is 9.41. The van der Waals surface area contributed by atoms with Crippen LogP contribution in [0.5, 0.6) is 0 Å². The van der Waals surface area contributed by atoms with Gasteiger partial charge in [0.05, 0.1) is 12.7 Å². The largest absolute Gasteiger partial charge is 0.480 e. The Labute approximate surface area is 117 Å². The monoisotopic (exact) mass is 281 g/mol. The molecule has 20 heavy (non-hydrogen) atoms. The summed E-state index contributed by atoms with van der Waals surface area (Å²) in [5, 5.41) is 20.4. The minimum atomic E-state index is -1.34. The molecule has 0 saturated carbocycles. The van der Waals surface area contributed by atoms with E-state index in [1.165, 1.54) is 13.8 Å². The SMILES string of the molecule is CC(OCc1ccccc1)C(=O)NC(C(=O)O)C(C)O. The van der Waals surface area contributed by atoms with Crippen LogP contribution in [0.15, 0.2) is 30.3 Å². The van der Waals surface area contributed by atoms with E-state index in [1.807, 2.05) is 30.3 Å². The van der Waals surface area contributed by atoms with Crippen LogP contribution in [0.4, 0.5) is 0 Å². The van der Waals surface area contributed by atoms with Crippen LogP contribution in [-0.2, 0) is 20.9 Å². The molecule has 110 valence electrons. The van der Waals surface area contributed by atoms with Gasteiger partial charge in [-0.05, 0) is 19.4 Å². The van der Waals surface area contributed by atoms with Crippen LogP contribution < -0.4 is 5.32 Å². The zero-order valence-corrected chi connectivity index (χ0v) is 11.4. The van der Waals surface area contributed by atoms with Crippen LogP contribution in [0.1, 0.15) is 19.4 Å². The van der Waals surface area contributed by atoms with E-state index in [1.54, 1.807) is 0 Å². The average Bonchev–Trinajstić information content (AvgIpc) is 2.42. The van der Waals surface area contributed by atoms with Crippen LogP contribution in [0.2, 0.25) is 0 Å². The number of carbonyl (C=O) groups excluding carboxylic acids is 1.